The van der Waals surface area contributed by atoms with Gasteiger partial charge >= 0.3 is 23.9 Å². The first-order valence-corrected chi connectivity index (χ1v) is 19.8. The molecular weight excluding hydrogens is 816 g/mol. The topological polar surface area (TPSA) is 347 Å². The fourth-order valence-electron chi connectivity index (χ4n) is 6.48. The second kappa shape index (κ2) is 24.0. The number of nitrogens with zero attached hydrogens (tertiary/aromatic N) is 7. The van der Waals surface area contributed by atoms with Crippen LogP contribution in [0.3, 0.4) is 0 Å². The molecule has 3 aromatic rings. The number of Topliss-reactive ketones (excluding diaryl/α,β-unsaturated/α-hetero) is 1. The van der Waals surface area contributed by atoms with Gasteiger partial charge in [0, 0.05) is 83.0 Å². The molecule has 336 valence electrons. The van der Waals surface area contributed by atoms with Crippen molar-refractivity contribution in [3.05, 3.63) is 52.1 Å². The van der Waals surface area contributed by atoms with Crippen LogP contribution in [0.4, 0.5) is 11.6 Å². The summed E-state index contributed by atoms with van der Waals surface area (Å²) in [5, 5.41) is 46.1. The Morgan fingerprint density at radius 3 is 1.79 bits per heavy atom. The molecule has 3 heterocycles. The zero-order valence-corrected chi connectivity index (χ0v) is 34.0. The van der Waals surface area contributed by atoms with Gasteiger partial charge in [-0.3, -0.25) is 58.1 Å². The van der Waals surface area contributed by atoms with Crippen molar-refractivity contribution in [2.45, 2.75) is 38.3 Å². The van der Waals surface area contributed by atoms with Gasteiger partial charge in [0.05, 0.1) is 44.6 Å². The summed E-state index contributed by atoms with van der Waals surface area (Å²) in [4.78, 5) is 118. The van der Waals surface area contributed by atoms with Crippen LogP contribution in [-0.2, 0) is 35.3 Å². The molecule has 0 bridgehead atoms. The number of hydrogen-bond donors (Lipinski definition) is 9. The second-order valence-corrected chi connectivity index (χ2v) is 14.6. The molecule has 1 atom stereocenters. The van der Waals surface area contributed by atoms with Crippen molar-refractivity contribution in [2.75, 3.05) is 96.1 Å². The van der Waals surface area contributed by atoms with Gasteiger partial charge in [-0.1, -0.05) is 0 Å². The predicted molar refractivity (Wildman–Crippen MR) is 220 cm³/mol. The van der Waals surface area contributed by atoms with Gasteiger partial charge in [0.2, 0.25) is 11.9 Å². The highest BCUT2D eigenvalue weighted by Gasteiger charge is 2.23. The number of ketones is 1. The van der Waals surface area contributed by atoms with E-state index >= 15 is 0 Å². The molecule has 2 amide bonds. The molecule has 24 heteroatoms. The van der Waals surface area contributed by atoms with Gasteiger partial charge in [0.25, 0.3) is 11.5 Å². The smallest absolute Gasteiger partial charge is 0.326 e. The summed E-state index contributed by atoms with van der Waals surface area (Å²) in [5.41, 5.74) is 6.34. The Morgan fingerprint density at radius 2 is 1.27 bits per heavy atom. The number of nitrogens with two attached hydrogens (primary N) is 1. The first-order chi connectivity index (χ1) is 29.5. The van der Waals surface area contributed by atoms with E-state index < -0.39 is 47.3 Å². The number of anilines is 2. The van der Waals surface area contributed by atoms with Gasteiger partial charge in [0.1, 0.15) is 11.8 Å². The van der Waals surface area contributed by atoms with Crippen LogP contribution in [0, 0.1) is 0 Å². The van der Waals surface area contributed by atoms with E-state index in [2.05, 4.69) is 35.9 Å². The zero-order valence-electron chi connectivity index (χ0n) is 34.0. The van der Waals surface area contributed by atoms with E-state index in [4.69, 9.17) is 5.73 Å². The van der Waals surface area contributed by atoms with E-state index in [-0.39, 0.29) is 133 Å². The van der Waals surface area contributed by atoms with Crippen molar-refractivity contribution >= 4 is 64.3 Å². The number of aliphatic carboxylic acids is 4. The summed E-state index contributed by atoms with van der Waals surface area (Å²) in [7, 11) is 0. The van der Waals surface area contributed by atoms with E-state index in [1.807, 2.05) is 4.90 Å². The molecular formula is C38H52N12O12. The summed E-state index contributed by atoms with van der Waals surface area (Å²) in [6.07, 6.45) is 1.39. The number of carboxylic acid groups (broad SMARTS) is 4. The van der Waals surface area contributed by atoms with Crippen molar-refractivity contribution in [1.82, 2.24) is 50.2 Å². The molecule has 62 heavy (non-hydrogen) atoms. The molecule has 2 aromatic heterocycles. The van der Waals surface area contributed by atoms with Crippen LogP contribution in [0.2, 0.25) is 0 Å². The molecule has 0 aliphatic carbocycles. The molecule has 1 aromatic carbocycles. The standard InChI is InChI=1S/C38H52N12O12/c39-38-45-34-33(36(60)46-38)43-26(19-42-34)18-41-25-5-3-24(4-6-25)35(59)44-28(37(61)62)7-8-29(52)40-9-1-2-27(51)20-47-10-12-48(21-30(53)54)14-16-50(23-32(57)58)17-15-49(13-11-47)22-31(55)56/h3-6,19,28,41H,1-2,7-18,20-23H2,(H,40,52)(H,44,59)(H,53,54)(H,55,56)(H,57,58)(H,61,62)(H3,39,42,45,46,60)/t28-/m0/s1. The average molecular weight is 869 g/mol. The minimum atomic E-state index is -1.37. The molecule has 0 radical (unpaired) electrons. The van der Waals surface area contributed by atoms with E-state index in [9.17, 15) is 58.8 Å². The molecule has 0 spiro atoms. The van der Waals surface area contributed by atoms with Crippen molar-refractivity contribution < 1.29 is 54.0 Å². The number of carboxylic acids is 4. The SMILES string of the molecule is Nc1nc2ncc(CNc3ccc(C(=O)N[C@@H](CCC(=O)NCCCC(=O)CN4CCN(CC(=O)O)CCN(CC(=O)O)CCN(CC(=O)O)CC4)C(=O)O)cc3)nc2c(=O)[nH]1. The van der Waals surface area contributed by atoms with E-state index in [1.54, 1.807) is 26.8 Å². The van der Waals surface area contributed by atoms with Gasteiger partial charge in [-0.2, -0.15) is 4.98 Å². The van der Waals surface area contributed by atoms with Crippen molar-refractivity contribution in [3.8, 4) is 0 Å². The molecule has 1 fully saturated rings. The third-order valence-electron chi connectivity index (χ3n) is 9.73. The van der Waals surface area contributed by atoms with Gasteiger partial charge in [-0.15, -0.1) is 0 Å². The first-order valence-electron chi connectivity index (χ1n) is 19.8. The lowest BCUT2D eigenvalue weighted by molar-refractivity contribution is -0.140. The first kappa shape index (κ1) is 48.0. The Bertz CT molecular complexity index is 2090. The number of aromatic amines is 1. The monoisotopic (exact) mass is 868 g/mol. The van der Waals surface area contributed by atoms with Crippen LogP contribution < -0.4 is 27.2 Å². The summed E-state index contributed by atoms with van der Waals surface area (Å²) < 4.78 is 0. The maximum absolute atomic E-state index is 13.0. The number of aromatic nitrogens is 4. The largest absolute Gasteiger partial charge is 0.480 e. The lowest BCUT2D eigenvalue weighted by atomic mass is 10.1. The van der Waals surface area contributed by atoms with Crippen LogP contribution in [0.5, 0.6) is 0 Å². The van der Waals surface area contributed by atoms with E-state index in [0.717, 1.165) is 0 Å². The number of amides is 2. The maximum Gasteiger partial charge on any atom is 0.326 e. The number of fused-ring (bicyclic) bond motifs is 1. The number of nitrogen functional groups attached to an aromatic ring is 1. The highest BCUT2D eigenvalue weighted by molar-refractivity contribution is 5.97. The molecule has 0 unspecified atom stereocenters. The third-order valence-corrected chi connectivity index (χ3v) is 9.73. The van der Waals surface area contributed by atoms with Crippen molar-refractivity contribution in [1.29, 1.82) is 0 Å². The van der Waals surface area contributed by atoms with Gasteiger partial charge in [-0.05, 0) is 37.1 Å². The Hall–Kier alpha value is -6.63. The Labute approximate surface area is 354 Å². The number of carbonyl (C=O) groups excluding carboxylic acids is 3. The Morgan fingerprint density at radius 1 is 0.742 bits per heavy atom. The number of nitrogens with one attached hydrogen (secondary N) is 4. The quantitative estimate of drug-likeness (QED) is 0.0514. The van der Waals surface area contributed by atoms with Gasteiger partial charge in [0.15, 0.2) is 11.2 Å². The van der Waals surface area contributed by atoms with Crippen LogP contribution >= 0.6 is 0 Å². The minimum absolute atomic E-state index is 0.00143. The van der Waals surface area contributed by atoms with E-state index in [1.165, 1.54) is 18.3 Å². The molecule has 4 rings (SSSR count). The molecule has 24 nitrogen and oxygen atoms in total. The summed E-state index contributed by atoms with van der Waals surface area (Å²) in [6.45, 7) is 1.57. The number of rotatable bonds is 21. The van der Waals surface area contributed by atoms with E-state index in [0.29, 0.717) is 24.5 Å². The van der Waals surface area contributed by atoms with Gasteiger partial charge < -0.3 is 42.1 Å². The lowest BCUT2D eigenvalue weighted by Crippen LogP contribution is -2.49. The molecule has 0 saturated carbocycles. The number of benzene rings is 1. The van der Waals surface area contributed by atoms with Crippen molar-refractivity contribution in [3.63, 3.8) is 0 Å². The minimum Gasteiger partial charge on any atom is -0.480 e. The highest BCUT2D eigenvalue weighted by Crippen LogP contribution is 2.13. The van der Waals surface area contributed by atoms with Crippen LogP contribution in [0.1, 0.15) is 41.7 Å². The normalized spacial score (nSPS) is 15.4. The van der Waals surface area contributed by atoms with Crippen molar-refractivity contribution in [2.24, 2.45) is 0 Å². The molecule has 1 aliphatic heterocycles. The average Bonchev–Trinajstić information content (AvgIpc) is 3.20. The Balaban J connectivity index is 1.20. The van der Waals surface area contributed by atoms with Crippen LogP contribution in [0.15, 0.2) is 35.3 Å². The van der Waals surface area contributed by atoms with Crippen LogP contribution in [-0.4, -0.2) is 193 Å². The fraction of sp³-hybridized carbons (Fsp3) is 0.500. The molecule has 10 N–H and O–H groups in total. The summed E-state index contributed by atoms with van der Waals surface area (Å²) in [6, 6.07) is 4.78. The lowest BCUT2D eigenvalue weighted by Gasteiger charge is -2.32. The third kappa shape index (κ3) is 16.8. The maximum atomic E-state index is 13.0. The number of carbonyl (C=O) groups is 7. The van der Waals surface area contributed by atoms with Crippen LogP contribution in [0.25, 0.3) is 11.2 Å². The summed E-state index contributed by atoms with van der Waals surface area (Å²) >= 11 is 0. The summed E-state index contributed by atoms with van der Waals surface area (Å²) in [5.74, 6) is -5.89. The molecule has 1 aliphatic rings. The molecule has 1 saturated heterocycles. The predicted octanol–water partition coefficient (Wildman–Crippen LogP) is -2.19. The van der Waals surface area contributed by atoms with Gasteiger partial charge in [-0.25, -0.2) is 14.8 Å². The fourth-order valence-corrected chi connectivity index (χ4v) is 6.48. The highest BCUT2D eigenvalue weighted by atomic mass is 16.4. The number of H-pyrrole nitrogens is 1. The second-order valence-electron chi connectivity index (χ2n) is 14.6. The Kier molecular flexibility index (Phi) is 18.6. The zero-order chi connectivity index (χ0) is 45.2. The number of hydrogen-bond acceptors (Lipinski definition) is 17.